The van der Waals surface area contributed by atoms with Crippen LogP contribution < -0.4 is 0 Å². The van der Waals surface area contributed by atoms with E-state index in [1.807, 2.05) is 121 Å². The van der Waals surface area contributed by atoms with Crippen LogP contribution in [0.2, 0.25) is 0 Å². The molecule has 2 atom stereocenters. The normalized spacial score (nSPS) is 13.2. The molecule has 0 saturated carbocycles. The average Bonchev–Trinajstić information content (AvgIpc) is 3.29. The van der Waals surface area contributed by atoms with Crippen molar-refractivity contribution in [1.29, 1.82) is 0 Å². The van der Waals surface area contributed by atoms with E-state index in [2.05, 4.69) is 13.2 Å². The largest absolute Gasteiger partial charge is 0.465 e. The molecular weight excluding hydrogens is 845 g/mol. The molecule has 0 saturated heterocycles. The Morgan fingerprint density at radius 1 is 0.403 bits per heavy atom. The summed E-state index contributed by atoms with van der Waals surface area (Å²) in [4.78, 5) is 83.2. The Hall–Kier alpha value is -6.42. The molecule has 4 aromatic carbocycles. The zero-order chi connectivity index (χ0) is 49.1. The van der Waals surface area contributed by atoms with Crippen LogP contribution in [0.3, 0.4) is 0 Å². The van der Waals surface area contributed by atoms with Crippen molar-refractivity contribution in [2.45, 2.75) is 99.3 Å². The first kappa shape index (κ1) is 53.2. The summed E-state index contributed by atoms with van der Waals surface area (Å²) in [6.07, 6.45) is 0.935. The van der Waals surface area contributed by atoms with Crippen LogP contribution >= 0.6 is 0 Å². The van der Waals surface area contributed by atoms with Gasteiger partial charge in [-0.05, 0) is 61.8 Å². The van der Waals surface area contributed by atoms with E-state index >= 15 is 0 Å². The molecule has 67 heavy (non-hydrogen) atoms. The molecule has 4 rings (SSSR count). The molecule has 0 aliphatic rings. The number of hydrogen-bond acceptors (Lipinski definition) is 10. The Balaban J connectivity index is 1.48. The van der Waals surface area contributed by atoms with Crippen molar-refractivity contribution in [1.82, 2.24) is 0 Å². The van der Waals surface area contributed by atoms with Crippen molar-refractivity contribution in [2.24, 2.45) is 21.7 Å². The summed E-state index contributed by atoms with van der Waals surface area (Å²) < 4.78 is 22.7. The second-order valence-electron chi connectivity index (χ2n) is 19.3. The number of benzene rings is 4. The number of rotatable bonds is 28. The number of carbonyl (C=O) groups is 6. The van der Waals surface area contributed by atoms with Crippen molar-refractivity contribution in [3.8, 4) is 0 Å². The summed E-state index contributed by atoms with van der Waals surface area (Å²) >= 11 is 0. The Bertz CT molecular complexity index is 2140. The Morgan fingerprint density at radius 2 is 0.657 bits per heavy atom. The number of ketones is 2. The monoisotopic (exact) mass is 912 g/mol. The van der Waals surface area contributed by atoms with Gasteiger partial charge in [0, 0.05) is 47.7 Å². The Morgan fingerprint density at radius 3 is 0.925 bits per heavy atom. The lowest BCUT2D eigenvalue weighted by Gasteiger charge is -2.37. The van der Waals surface area contributed by atoms with Crippen molar-refractivity contribution in [3.05, 3.63) is 168 Å². The lowest BCUT2D eigenvalue weighted by molar-refractivity contribution is -0.158. The molecule has 0 amide bonds. The average molecular weight is 913 g/mol. The van der Waals surface area contributed by atoms with Crippen LogP contribution in [0.25, 0.3) is 0 Å². The molecule has 0 heterocycles. The molecule has 10 heteroatoms. The summed E-state index contributed by atoms with van der Waals surface area (Å²) in [5, 5.41) is 0. The third-order valence-corrected chi connectivity index (χ3v) is 12.1. The van der Waals surface area contributed by atoms with Gasteiger partial charge in [0.05, 0.1) is 43.7 Å². The third-order valence-electron chi connectivity index (χ3n) is 12.1. The summed E-state index contributed by atoms with van der Waals surface area (Å²) in [5.41, 5.74) is -1.34. The highest BCUT2D eigenvalue weighted by atomic mass is 16.5. The lowest BCUT2D eigenvalue weighted by atomic mass is 9.66. The SMILES string of the molecule is C=C(CC(C)(CC(C)(C)C(=O)CC(=O)C(C)(C)CC(C)(CC(=C)C(=O)OCCc1ccccc1)C(=O)OCCc1ccccc1)C(=O)OCCc1ccccc1)C(=O)OCCc1ccccc1. The first-order chi connectivity index (χ1) is 31.7. The highest BCUT2D eigenvalue weighted by molar-refractivity contribution is 6.04. The smallest absolute Gasteiger partial charge is 0.333 e. The van der Waals surface area contributed by atoms with Gasteiger partial charge >= 0.3 is 23.9 Å². The van der Waals surface area contributed by atoms with E-state index in [-0.39, 0.29) is 63.3 Å². The quantitative estimate of drug-likeness (QED) is 0.0234. The highest BCUT2D eigenvalue weighted by Crippen LogP contribution is 2.44. The van der Waals surface area contributed by atoms with Gasteiger partial charge in [0.1, 0.15) is 11.6 Å². The Kier molecular flexibility index (Phi) is 19.8. The third kappa shape index (κ3) is 17.1. The topological polar surface area (TPSA) is 139 Å². The lowest BCUT2D eigenvalue weighted by Crippen LogP contribution is -2.42. The molecule has 0 aliphatic heterocycles. The van der Waals surface area contributed by atoms with E-state index < -0.39 is 63.5 Å². The number of esters is 4. The van der Waals surface area contributed by atoms with E-state index in [0.717, 1.165) is 22.3 Å². The van der Waals surface area contributed by atoms with Crippen LogP contribution in [-0.2, 0) is 73.4 Å². The summed E-state index contributed by atoms with van der Waals surface area (Å²) in [5.74, 6) is -3.44. The van der Waals surface area contributed by atoms with Gasteiger partial charge in [-0.25, -0.2) is 9.59 Å². The second-order valence-corrected chi connectivity index (χ2v) is 19.3. The van der Waals surface area contributed by atoms with E-state index in [9.17, 15) is 28.8 Å². The molecular formula is C57H68O10. The van der Waals surface area contributed by atoms with Gasteiger partial charge in [0.25, 0.3) is 0 Å². The second kappa shape index (κ2) is 24.9. The molecule has 10 nitrogen and oxygen atoms in total. The van der Waals surface area contributed by atoms with Crippen LogP contribution in [0.4, 0.5) is 0 Å². The number of hydrogen-bond donors (Lipinski definition) is 0. The standard InChI is InChI=1S/C57H68O10/c1-42(50(60)64-33-29-44-21-13-9-14-22-44)38-56(7,52(62)66-35-31-46-25-17-11-18-26-46)40-54(3,4)48(58)37-49(59)55(5,6)41-57(8,53(63)67-36-32-47-27-19-12-20-28-47)39-43(2)51(61)65-34-30-45-23-15-10-16-24-45/h9-28H,1-2,29-41H2,3-8H3. The molecule has 0 radical (unpaired) electrons. The minimum atomic E-state index is -1.41. The van der Waals surface area contributed by atoms with Gasteiger partial charge in [-0.2, -0.15) is 0 Å². The van der Waals surface area contributed by atoms with Crippen molar-refractivity contribution < 1.29 is 47.7 Å². The van der Waals surface area contributed by atoms with Gasteiger partial charge in [0.15, 0.2) is 0 Å². The molecule has 0 fully saturated rings. The molecule has 0 aliphatic carbocycles. The summed E-state index contributed by atoms with van der Waals surface area (Å²) in [6, 6.07) is 38.2. The van der Waals surface area contributed by atoms with Crippen LogP contribution in [0.5, 0.6) is 0 Å². The van der Waals surface area contributed by atoms with Gasteiger partial charge in [-0.1, -0.05) is 162 Å². The molecule has 0 spiro atoms. The maximum Gasteiger partial charge on any atom is 0.333 e. The minimum absolute atomic E-state index is 0.0487. The minimum Gasteiger partial charge on any atom is -0.465 e. The zero-order valence-electron chi connectivity index (χ0n) is 40.2. The molecule has 356 valence electrons. The maximum atomic E-state index is 14.3. The fourth-order valence-electron chi connectivity index (χ4n) is 8.45. The first-order valence-corrected chi connectivity index (χ1v) is 23.0. The maximum absolute atomic E-state index is 14.3. The predicted octanol–water partition coefficient (Wildman–Crippen LogP) is 10.4. The molecule has 0 N–H and O–H groups in total. The van der Waals surface area contributed by atoms with Gasteiger partial charge in [0.2, 0.25) is 0 Å². The molecule has 0 aromatic heterocycles. The van der Waals surface area contributed by atoms with Crippen LogP contribution in [0, 0.1) is 21.7 Å². The van der Waals surface area contributed by atoms with Crippen LogP contribution in [-0.4, -0.2) is 61.9 Å². The zero-order valence-corrected chi connectivity index (χ0v) is 40.2. The van der Waals surface area contributed by atoms with E-state index in [0.29, 0.717) is 25.7 Å². The molecule has 4 aromatic rings. The van der Waals surface area contributed by atoms with Gasteiger partial charge in [-0.15, -0.1) is 0 Å². The van der Waals surface area contributed by atoms with Crippen LogP contribution in [0.15, 0.2) is 146 Å². The summed E-state index contributed by atoms with van der Waals surface area (Å²) in [6.45, 7) is 18.2. The number of carbonyl (C=O) groups excluding carboxylic acids is 6. The fourth-order valence-corrected chi connectivity index (χ4v) is 8.45. The Labute approximate surface area is 397 Å². The van der Waals surface area contributed by atoms with Gasteiger partial charge in [-0.3, -0.25) is 19.2 Å². The number of ether oxygens (including phenoxy) is 4. The highest BCUT2D eigenvalue weighted by Gasteiger charge is 2.47. The summed E-state index contributed by atoms with van der Waals surface area (Å²) in [7, 11) is 0. The van der Waals surface area contributed by atoms with Crippen molar-refractivity contribution in [3.63, 3.8) is 0 Å². The first-order valence-electron chi connectivity index (χ1n) is 23.0. The van der Waals surface area contributed by atoms with Crippen LogP contribution in [0.1, 0.15) is 95.9 Å². The van der Waals surface area contributed by atoms with Crippen molar-refractivity contribution in [2.75, 3.05) is 26.4 Å². The van der Waals surface area contributed by atoms with E-state index in [1.165, 1.54) is 0 Å². The van der Waals surface area contributed by atoms with Crippen molar-refractivity contribution >= 4 is 35.4 Å². The van der Waals surface area contributed by atoms with Gasteiger partial charge < -0.3 is 18.9 Å². The van der Waals surface area contributed by atoms with E-state index in [1.54, 1.807) is 41.5 Å². The molecule has 0 bridgehead atoms. The van der Waals surface area contributed by atoms with E-state index in [4.69, 9.17) is 18.9 Å². The number of Topliss-reactive ketones (excluding diaryl/α,β-unsaturated/α-hetero) is 2. The molecule has 2 unspecified atom stereocenters. The predicted molar refractivity (Wildman–Crippen MR) is 260 cm³/mol. The fraction of sp³-hybridized carbons (Fsp3) is 0.404.